The predicted octanol–water partition coefficient (Wildman–Crippen LogP) is 1.89. The highest BCUT2D eigenvalue weighted by atomic mass is 19.2. The lowest BCUT2D eigenvalue weighted by atomic mass is 10.1. The number of carboxylic acid groups (broad SMARTS) is 1. The molecule has 154 valence electrons. The van der Waals surface area contributed by atoms with E-state index in [-0.39, 0.29) is 28.2 Å². The van der Waals surface area contributed by atoms with E-state index in [9.17, 15) is 28.3 Å². The molecule has 0 aliphatic heterocycles. The normalized spacial score (nSPS) is 10.5. The van der Waals surface area contributed by atoms with Crippen LogP contribution in [0.2, 0.25) is 0 Å². The van der Waals surface area contributed by atoms with E-state index in [0.29, 0.717) is 5.69 Å². The first-order valence-corrected chi connectivity index (χ1v) is 8.59. The van der Waals surface area contributed by atoms with Crippen molar-refractivity contribution < 1.29 is 28.3 Å². The number of hydrogen-bond donors (Lipinski definition) is 2. The van der Waals surface area contributed by atoms with Crippen LogP contribution in [0.5, 0.6) is 0 Å². The molecule has 0 atom stereocenters. The number of nitrogens with one attached hydrogen (secondary N) is 2. The van der Waals surface area contributed by atoms with E-state index in [0.717, 1.165) is 12.1 Å². The van der Waals surface area contributed by atoms with Crippen molar-refractivity contribution in [2.45, 2.75) is 6.92 Å². The summed E-state index contributed by atoms with van der Waals surface area (Å²) >= 11 is 0. The summed E-state index contributed by atoms with van der Waals surface area (Å²) in [6.07, 6.45) is 0. The lowest BCUT2D eigenvalue weighted by Crippen LogP contribution is -2.27. The van der Waals surface area contributed by atoms with Crippen LogP contribution in [0.25, 0.3) is 0 Å². The summed E-state index contributed by atoms with van der Waals surface area (Å²) in [7, 11) is 1.47. The maximum absolute atomic E-state index is 13.4. The van der Waals surface area contributed by atoms with Crippen LogP contribution in [0.15, 0.2) is 42.5 Å². The first kappa shape index (κ1) is 20.6. The average Bonchev–Trinajstić information content (AvgIpc) is 3.18. The number of H-pyrrole nitrogens is 1. The Morgan fingerprint density at radius 3 is 2.33 bits per heavy atom. The minimum absolute atomic E-state index is 0.00758. The van der Waals surface area contributed by atoms with Crippen LogP contribution < -0.4 is 15.3 Å². The van der Waals surface area contributed by atoms with Crippen LogP contribution in [-0.2, 0) is 0 Å². The number of halogens is 2. The zero-order valence-electron chi connectivity index (χ0n) is 15.8. The van der Waals surface area contributed by atoms with Crippen molar-refractivity contribution in [3.63, 3.8) is 0 Å². The van der Waals surface area contributed by atoms with E-state index >= 15 is 0 Å². The number of rotatable bonds is 5. The van der Waals surface area contributed by atoms with E-state index in [2.05, 4.69) is 15.5 Å². The average molecular weight is 413 g/mol. The van der Waals surface area contributed by atoms with Gasteiger partial charge >= 0.3 is 0 Å². The fourth-order valence-electron chi connectivity index (χ4n) is 2.69. The Kier molecular flexibility index (Phi) is 5.58. The number of aromatic carboxylic acids is 1. The van der Waals surface area contributed by atoms with E-state index in [1.807, 2.05) is 0 Å². The molecule has 0 saturated heterocycles. The van der Waals surface area contributed by atoms with Gasteiger partial charge < -0.3 is 20.1 Å². The van der Waals surface area contributed by atoms with Gasteiger partial charge in [0.05, 0.1) is 5.97 Å². The predicted molar refractivity (Wildman–Crippen MR) is 101 cm³/mol. The maximum Gasteiger partial charge on any atom is 0.276 e. The van der Waals surface area contributed by atoms with Gasteiger partial charge in [-0.25, -0.2) is 8.78 Å². The molecule has 0 bridgehead atoms. The molecule has 1 heterocycles. The van der Waals surface area contributed by atoms with Crippen LogP contribution >= 0.6 is 0 Å². The van der Waals surface area contributed by atoms with Gasteiger partial charge in [0.25, 0.3) is 11.8 Å². The largest absolute Gasteiger partial charge is 0.545 e. The van der Waals surface area contributed by atoms with Crippen LogP contribution in [0.3, 0.4) is 0 Å². The molecule has 0 aliphatic rings. The number of amides is 2. The van der Waals surface area contributed by atoms with Crippen LogP contribution in [-0.4, -0.2) is 35.0 Å². The molecule has 2 aromatic carbocycles. The Labute approximate surface area is 169 Å². The Hall–Kier alpha value is -4.08. The highest BCUT2D eigenvalue weighted by Crippen LogP contribution is 2.19. The quantitative estimate of drug-likeness (QED) is 0.662. The zero-order chi connectivity index (χ0) is 22.0. The molecule has 8 nitrogen and oxygen atoms in total. The smallest absolute Gasteiger partial charge is 0.276 e. The van der Waals surface area contributed by atoms with Gasteiger partial charge in [0.2, 0.25) is 0 Å². The summed E-state index contributed by atoms with van der Waals surface area (Å²) in [6, 6.07) is 8.45. The van der Waals surface area contributed by atoms with Gasteiger partial charge in [-0.3, -0.25) is 14.7 Å². The second kappa shape index (κ2) is 8.11. The lowest BCUT2D eigenvalue weighted by Gasteiger charge is -2.16. The number of anilines is 2. The van der Waals surface area contributed by atoms with Crippen LogP contribution in [0, 0.1) is 18.6 Å². The molecule has 3 aromatic rings. The van der Waals surface area contributed by atoms with Gasteiger partial charge in [0, 0.05) is 24.4 Å². The van der Waals surface area contributed by atoms with Crippen molar-refractivity contribution in [2.75, 3.05) is 17.3 Å². The summed E-state index contributed by atoms with van der Waals surface area (Å²) < 4.78 is 26.6. The van der Waals surface area contributed by atoms with Gasteiger partial charge in [-0.1, -0.05) is 12.1 Å². The minimum Gasteiger partial charge on any atom is -0.545 e. The standard InChI is InChI=1S/C20H16F2N4O4/c1-10-7-14(21)15(22)8-13(10)18(27)23-17-9-16(24-25-17)19(28)26(2)12-5-3-11(4-6-12)20(29)30/h3-9H,1-2H3,(H,29,30)(H2,23,24,25,27)/p-1. The molecule has 1 aromatic heterocycles. The number of nitrogens with zero attached hydrogens (tertiary/aromatic N) is 2. The van der Waals surface area contributed by atoms with Gasteiger partial charge in [-0.2, -0.15) is 5.10 Å². The number of aryl methyl sites for hydroxylation is 1. The Bertz CT molecular complexity index is 1140. The Morgan fingerprint density at radius 2 is 1.70 bits per heavy atom. The zero-order valence-corrected chi connectivity index (χ0v) is 15.8. The molecule has 3 rings (SSSR count). The Morgan fingerprint density at radius 1 is 1.07 bits per heavy atom. The molecular formula is C20H15F2N4O4-. The summed E-state index contributed by atoms with van der Waals surface area (Å²) in [5, 5.41) is 19.5. The topological polar surface area (TPSA) is 118 Å². The van der Waals surface area contributed by atoms with Gasteiger partial charge in [-0.05, 0) is 42.3 Å². The van der Waals surface area contributed by atoms with Crippen molar-refractivity contribution in [3.8, 4) is 0 Å². The minimum atomic E-state index is -1.33. The molecule has 0 spiro atoms. The number of carbonyl (C=O) groups excluding carboxylic acids is 3. The molecule has 30 heavy (non-hydrogen) atoms. The molecule has 10 heteroatoms. The fourth-order valence-corrected chi connectivity index (χ4v) is 2.69. The van der Waals surface area contributed by atoms with E-state index in [4.69, 9.17) is 0 Å². The van der Waals surface area contributed by atoms with Crippen molar-refractivity contribution >= 4 is 29.3 Å². The van der Waals surface area contributed by atoms with Gasteiger partial charge in [0.1, 0.15) is 5.69 Å². The van der Waals surface area contributed by atoms with Crippen molar-refractivity contribution in [2.24, 2.45) is 0 Å². The highest BCUT2D eigenvalue weighted by molar-refractivity contribution is 6.07. The number of hydrogen-bond acceptors (Lipinski definition) is 5. The number of aromatic amines is 1. The molecule has 0 saturated carbocycles. The third-order valence-corrected chi connectivity index (χ3v) is 4.36. The molecule has 0 radical (unpaired) electrons. The highest BCUT2D eigenvalue weighted by Gasteiger charge is 2.19. The second-order valence-corrected chi connectivity index (χ2v) is 6.40. The number of carbonyl (C=O) groups is 3. The summed E-state index contributed by atoms with van der Waals surface area (Å²) in [6.45, 7) is 1.46. The first-order chi connectivity index (χ1) is 14.2. The molecule has 0 unspecified atom stereocenters. The third-order valence-electron chi connectivity index (χ3n) is 4.36. The van der Waals surface area contributed by atoms with Crippen molar-refractivity contribution in [3.05, 3.63) is 76.5 Å². The van der Waals surface area contributed by atoms with E-state index < -0.39 is 29.4 Å². The summed E-state index contributed by atoms with van der Waals surface area (Å²) in [4.78, 5) is 37.0. The van der Waals surface area contributed by atoms with Crippen LogP contribution in [0.4, 0.5) is 20.3 Å². The molecule has 2 amide bonds. The molecule has 0 fully saturated rings. The number of carboxylic acids is 1. The number of benzene rings is 2. The SMILES string of the molecule is Cc1cc(F)c(F)cc1C(=O)Nc1cc(C(=O)N(C)c2ccc(C(=O)[O-])cc2)[nH]n1. The van der Waals surface area contributed by atoms with Crippen LogP contribution in [0.1, 0.15) is 36.8 Å². The third kappa shape index (κ3) is 4.17. The number of aromatic nitrogens is 2. The van der Waals surface area contributed by atoms with Gasteiger partial charge in [-0.15, -0.1) is 0 Å². The lowest BCUT2D eigenvalue weighted by molar-refractivity contribution is -0.255. The maximum atomic E-state index is 13.4. The summed E-state index contributed by atoms with van der Waals surface area (Å²) in [5.74, 6) is -4.77. The van der Waals surface area contributed by atoms with Crippen molar-refractivity contribution in [1.82, 2.24) is 10.2 Å². The van der Waals surface area contributed by atoms with E-state index in [1.54, 1.807) is 0 Å². The first-order valence-electron chi connectivity index (χ1n) is 8.59. The fraction of sp³-hybridized carbons (Fsp3) is 0.100. The second-order valence-electron chi connectivity index (χ2n) is 6.40. The van der Waals surface area contributed by atoms with Gasteiger partial charge in [0.15, 0.2) is 17.5 Å². The van der Waals surface area contributed by atoms with Crippen molar-refractivity contribution in [1.29, 1.82) is 0 Å². The summed E-state index contributed by atoms with van der Waals surface area (Å²) in [5.41, 5.74) is 0.591. The molecule has 2 N–H and O–H groups in total. The molecular weight excluding hydrogens is 398 g/mol. The van der Waals surface area contributed by atoms with E-state index in [1.165, 1.54) is 49.2 Å². The Balaban J connectivity index is 1.74. The molecule has 0 aliphatic carbocycles. The monoisotopic (exact) mass is 413 g/mol.